The van der Waals surface area contributed by atoms with Crippen LogP contribution in [-0.2, 0) is 13.1 Å². The van der Waals surface area contributed by atoms with Crippen LogP contribution in [0.15, 0.2) is 59.8 Å². The van der Waals surface area contributed by atoms with Gasteiger partial charge in [-0.3, -0.25) is 19.7 Å². The Morgan fingerprint density at radius 2 is 1.88 bits per heavy atom. The van der Waals surface area contributed by atoms with Crippen LogP contribution < -0.4 is 15.1 Å². The molecule has 0 spiro atoms. The molecule has 3 aromatic heterocycles. The molecule has 1 aliphatic heterocycles. The largest absolute Gasteiger partial charge is 0.494 e. The highest BCUT2D eigenvalue weighted by Gasteiger charge is 2.29. The van der Waals surface area contributed by atoms with E-state index in [0.29, 0.717) is 30.1 Å². The van der Waals surface area contributed by atoms with Crippen LogP contribution in [-0.4, -0.2) is 45.7 Å². The van der Waals surface area contributed by atoms with E-state index in [1.54, 1.807) is 6.07 Å². The molecule has 9 heteroatoms. The Morgan fingerprint density at radius 1 is 1.05 bits per heavy atom. The molecule has 2 fully saturated rings. The van der Waals surface area contributed by atoms with Crippen LogP contribution in [0.1, 0.15) is 54.2 Å². The number of aryl methyl sites for hydroxylation is 2. The number of hydrogen-bond donors (Lipinski definition) is 0. The van der Waals surface area contributed by atoms with Crippen LogP contribution in [0.5, 0.6) is 5.75 Å². The van der Waals surface area contributed by atoms with Gasteiger partial charge in [0.05, 0.1) is 24.5 Å². The molecule has 0 bridgehead atoms. The van der Waals surface area contributed by atoms with Crippen molar-refractivity contribution in [2.24, 2.45) is 0 Å². The maximum absolute atomic E-state index is 14.8. The van der Waals surface area contributed by atoms with E-state index < -0.39 is 5.82 Å². The Balaban J connectivity index is 0.00000337. The van der Waals surface area contributed by atoms with E-state index >= 15 is 0 Å². The number of nitrogens with zero attached hydrogens (tertiary/aromatic N) is 5. The second-order valence-corrected chi connectivity index (χ2v) is 11.2. The second-order valence-electron chi connectivity index (χ2n) is 11.2. The highest BCUT2D eigenvalue weighted by molar-refractivity contribution is 7.59. The molecular formula is C32H38FN5O2S. The number of aromatic nitrogens is 3. The van der Waals surface area contributed by atoms with Gasteiger partial charge in [0.2, 0.25) is 0 Å². The molecule has 7 nitrogen and oxygen atoms in total. The van der Waals surface area contributed by atoms with Crippen molar-refractivity contribution in [3.63, 3.8) is 0 Å². The zero-order valence-corrected chi connectivity index (χ0v) is 24.9. The summed E-state index contributed by atoms with van der Waals surface area (Å²) in [5.74, 6) is -0.345. The Kier molecular flexibility index (Phi) is 8.66. The van der Waals surface area contributed by atoms with Gasteiger partial charge in [0.15, 0.2) is 17.0 Å². The SMILES string of the molecule is COc1cc2c(cc1F)c(=O)c(CN(Cc1ccnc(C)c1)[C@H]1CCCN(c3ccc(C)nc3)C1)cn2C1CC1.S. The Hall–Kier alpha value is -3.43. The minimum Gasteiger partial charge on any atom is -0.494 e. The number of fused-ring (bicyclic) bond motifs is 1. The van der Waals surface area contributed by atoms with Crippen molar-refractivity contribution in [1.29, 1.82) is 0 Å². The summed E-state index contributed by atoms with van der Waals surface area (Å²) in [6.45, 7) is 7.02. The first-order valence-electron chi connectivity index (χ1n) is 14.1. The number of ether oxygens (including phenoxy) is 1. The first kappa shape index (κ1) is 29.1. The molecule has 0 amide bonds. The first-order chi connectivity index (χ1) is 19.4. The van der Waals surface area contributed by atoms with Gasteiger partial charge in [-0.2, -0.15) is 13.5 Å². The standard InChI is InChI=1S/C32H36FN5O2.H2S/c1-21-6-7-26(16-35-21)36-12-4-5-27(20-36)37(17-23-10-11-34-22(2)13-23)18-24-19-38(25-8-9-25)30-15-31(40-3)29(33)14-28(30)32(24)39;/h6-7,10-11,13-16,19,25,27H,4-5,8-9,12,17-18,20H2,1-3H3;1H2/t27-;/m0./s1. The summed E-state index contributed by atoms with van der Waals surface area (Å²) in [7, 11) is 1.46. The van der Waals surface area contributed by atoms with Crippen LogP contribution in [0.25, 0.3) is 10.9 Å². The molecule has 0 unspecified atom stereocenters. The van der Waals surface area contributed by atoms with Crippen LogP contribution in [0.3, 0.4) is 0 Å². The van der Waals surface area contributed by atoms with Gasteiger partial charge in [-0.05, 0) is 75.4 Å². The topological polar surface area (TPSA) is 63.5 Å². The third-order valence-electron chi connectivity index (χ3n) is 8.21. The molecule has 2 aliphatic rings. The number of hydrogen-bond acceptors (Lipinski definition) is 6. The van der Waals surface area contributed by atoms with Crippen molar-refractivity contribution in [3.8, 4) is 5.75 Å². The van der Waals surface area contributed by atoms with E-state index in [4.69, 9.17) is 4.74 Å². The molecule has 0 radical (unpaired) electrons. The van der Waals surface area contributed by atoms with Gasteiger partial charge in [0, 0.05) is 79.1 Å². The zero-order valence-electron chi connectivity index (χ0n) is 23.9. The summed E-state index contributed by atoms with van der Waals surface area (Å²) in [4.78, 5) is 27.6. The smallest absolute Gasteiger partial charge is 0.193 e. The van der Waals surface area contributed by atoms with E-state index in [-0.39, 0.29) is 30.7 Å². The maximum atomic E-state index is 14.8. The fourth-order valence-corrected chi connectivity index (χ4v) is 5.94. The highest BCUT2D eigenvalue weighted by Crippen LogP contribution is 2.38. The summed E-state index contributed by atoms with van der Waals surface area (Å²) >= 11 is 0. The van der Waals surface area contributed by atoms with Crippen molar-refractivity contribution >= 4 is 30.1 Å². The lowest BCUT2D eigenvalue weighted by molar-refractivity contribution is 0.158. The molecule has 216 valence electrons. The Bertz CT molecular complexity index is 1590. The normalized spacial score (nSPS) is 17.1. The Labute approximate surface area is 247 Å². The van der Waals surface area contributed by atoms with Gasteiger partial charge in [-0.15, -0.1) is 0 Å². The van der Waals surface area contributed by atoms with Gasteiger partial charge >= 0.3 is 0 Å². The number of methoxy groups -OCH3 is 1. The summed E-state index contributed by atoms with van der Waals surface area (Å²) < 4.78 is 22.2. The average molecular weight is 576 g/mol. The van der Waals surface area contributed by atoms with Crippen molar-refractivity contribution in [2.75, 3.05) is 25.1 Å². The fraction of sp³-hybridized carbons (Fsp3) is 0.406. The third kappa shape index (κ3) is 6.26. The van der Waals surface area contributed by atoms with Gasteiger partial charge in [-0.1, -0.05) is 0 Å². The molecule has 1 atom stereocenters. The molecule has 1 saturated heterocycles. The highest BCUT2D eigenvalue weighted by atomic mass is 32.1. The summed E-state index contributed by atoms with van der Waals surface area (Å²) in [5, 5.41) is 0.415. The minimum atomic E-state index is -0.509. The van der Waals surface area contributed by atoms with Crippen molar-refractivity contribution in [2.45, 2.75) is 64.7 Å². The van der Waals surface area contributed by atoms with Crippen molar-refractivity contribution < 1.29 is 9.13 Å². The van der Waals surface area contributed by atoms with E-state index in [0.717, 1.165) is 61.4 Å². The minimum absolute atomic E-state index is 0. The molecule has 0 N–H and O–H groups in total. The molecule has 4 heterocycles. The average Bonchev–Trinajstić information content (AvgIpc) is 3.80. The van der Waals surface area contributed by atoms with Gasteiger partial charge in [0.25, 0.3) is 0 Å². The molecule has 1 saturated carbocycles. The fourth-order valence-electron chi connectivity index (χ4n) is 5.94. The van der Waals surface area contributed by atoms with Crippen LogP contribution in [0, 0.1) is 19.7 Å². The van der Waals surface area contributed by atoms with Gasteiger partial charge in [0.1, 0.15) is 0 Å². The Morgan fingerprint density at radius 3 is 2.59 bits per heavy atom. The molecule has 1 aliphatic carbocycles. The first-order valence-corrected chi connectivity index (χ1v) is 14.1. The summed E-state index contributed by atoms with van der Waals surface area (Å²) in [5.41, 5.74) is 5.59. The van der Waals surface area contributed by atoms with Crippen LogP contribution in [0.2, 0.25) is 0 Å². The lowest BCUT2D eigenvalue weighted by Gasteiger charge is -2.40. The predicted molar refractivity (Wildman–Crippen MR) is 166 cm³/mol. The molecule has 1 aromatic carbocycles. The number of halogens is 1. The van der Waals surface area contributed by atoms with Crippen molar-refractivity contribution in [1.82, 2.24) is 19.4 Å². The molecule has 6 rings (SSSR count). The monoisotopic (exact) mass is 575 g/mol. The number of anilines is 1. The molecule has 41 heavy (non-hydrogen) atoms. The van der Waals surface area contributed by atoms with Crippen LogP contribution in [0.4, 0.5) is 10.1 Å². The lowest BCUT2D eigenvalue weighted by atomic mass is 10.0. The number of rotatable bonds is 8. The summed E-state index contributed by atoms with van der Waals surface area (Å²) in [6.07, 6.45) is 10.0. The van der Waals surface area contributed by atoms with E-state index in [1.165, 1.54) is 18.7 Å². The number of piperidine rings is 1. The number of pyridine rings is 3. The second kappa shape index (κ2) is 12.2. The van der Waals surface area contributed by atoms with E-state index in [9.17, 15) is 9.18 Å². The van der Waals surface area contributed by atoms with Crippen LogP contribution >= 0.6 is 13.5 Å². The lowest BCUT2D eigenvalue weighted by Crippen LogP contribution is -2.48. The zero-order chi connectivity index (χ0) is 27.8. The quantitative estimate of drug-likeness (QED) is 0.270. The van der Waals surface area contributed by atoms with E-state index in [1.807, 2.05) is 32.4 Å². The van der Waals surface area contributed by atoms with Gasteiger partial charge in [-0.25, -0.2) is 4.39 Å². The molecule has 4 aromatic rings. The maximum Gasteiger partial charge on any atom is 0.193 e. The van der Waals surface area contributed by atoms with Crippen molar-refractivity contribution in [3.05, 3.63) is 93.5 Å². The van der Waals surface area contributed by atoms with Gasteiger partial charge < -0.3 is 14.2 Å². The molecular weight excluding hydrogens is 537 g/mol. The summed E-state index contributed by atoms with van der Waals surface area (Å²) in [6, 6.07) is 11.9. The van der Waals surface area contributed by atoms with E-state index in [2.05, 4.69) is 48.6 Å². The third-order valence-corrected chi connectivity index (χ3v) is 8.21. The predicted octanol–water partition coefficient (Wildman–Crippen LogP) is 5.67. The number of benzene rings is 1.